The largest absolute Gasteiger partial charge is 0.494 e. The van der Waals surface area contributed by atoms with Crippen molar-refractivity contribution in [3.63, 3.8) is 0 Å². The average Bonchev–Trinajstić information content (AvgIpc) is 3.36. The van der Waals surface area contributed by atoms with Crippen LogP contribution in [0.4, 0.5) is 0 Å². The van der Waals surface area contributed by atoms with Crippen LogP contribution in [0.3, 0.4) is 0 Å². The zero-order valence-electron chi connectivity index (χ0n) is 17.9. The van der Waals surface area contributed by atoms with Gasteiger partial charge in [-0.05, 0) is 66.9 Å². The van der Waals surface area contributed by atoms with Gasteiger partial charge in [0.2, 0.25) is 0 Å². The van der Waals surface area contributed by atoms with Gasteiger partial charge in [-0.2, -0.15) is 0 Å². The normalized spacial score (nSPS) is 18.6. The SMILES string of the molecule is CCOc1ccc(C2(C(=O)OCc3cccc(Oc4cccc(C)c4)c3)CC2(Cl)Cl)cc1. The van der Waals surface area contributed by atoms with Gasteiger partial charge in [0.25, 0.3) is 0 Å². The van der Waals surface area contributed by atoms with Crippen LogP contribution in [0.5, 0.6) is 17.2 Å². The number of benzene rings is 3. The third-order valence-corrected chi connectivity index (χ3v) is 6.40. The van der Waals surface area contributed by atoms with E-state index in [-0.39, 0.29) is 6.61 Å². The highest BCUT2D eigenvalue weighted by molar-refractivity contribution is 6.54. The van der Waals surface area contributed by atoms with Crippen LogP contribution >= 0.6 is 23.2 Å². The third kappa shape index (κ3) is 4.57. The maximum absolute atomic E-state index is 13.1. The van der Waals surface area contributed by atoms with Gasteiger partial charge in [0.1, 0.15) is 33.6 Å². The van der Waals surface area contributed by atoms with E-state index in [0.29, 0.717) is 24.3 Å². The van der Waals surface area contributed by atoms with Gasteiger partial charge < -0.3 is 14.2 Å². The number of hydrogen-bond donors (Lipinski definition) is 0. The van der Waals surface area contributed by atoms with E-state index < -0.39 is 15.7 Å². The monoisotopic (exact) mass is 470 g/mol. The second-order valence-corrected chi connectivity index (χ2v) is 9.37. The maximum atomic E-state index is 13.1. The summed E-state index contributed by atoms with van der Waals surface area (Å²) in [4.78, 5) is 13.1. The van der Waals surface area contributed by atoms with Crippen LogP contribution in [0, 0.1) is 6.92 Å². The van der Waals surface area contributed by atoms with Gasteiger partial charge in [0.15, 0.2) is 0 Å². The first-order valence-electron chi connectivity index (χ1n) is 10.5. The summed E-state index contributed by atoms with van der Waals surface area (Å²) in [6, 6.07) is 22.5. The van der Waals surface area contributed by atoms with Crippen LogP contribution in [-0.4, -0.2) is 16.9 Å². The lowest BCUT2D eigenvalue weighted by atomic mass is 9.96. The number of halogens is 2. The summed E-state index contributed by atoms with van der Waals surface area (Å²) in [6.45, 7) is 4.58. The molecule has 3 aromatic carbocycles. The van der Waals surface area contributed by atoms with Crippen molar-refractivity contribution in [2.45, 2.75) is 36.6 Å². The molecule has 1 aliphatic rings. The molecule has 6 heteroatoms. The highest BCUT2D eigenvalue weighted by Crippen LogP contribution is 2.65. The van der Waals surface area contributed by atoms with Crippen molar-refractivity contribution in [3.05, 3.63) is 89.5 Å². The Kier molecular flexibility index (Phi) is 6.36. The topological polar surface area (TPSA) is 44.8 Å². The molecule has 0 saturated heterocycles. The van der Waals surface area contributed by atoms with Gasteiger partial charge in [-0.15, -0.1) is 0 Å². The Balaban J connectivity index is 1.45. The second kappa shape index (κ2) is 9.05. The molecule has 0 N–H and O–H groups in total. The number of carbonyl (C=O) groups excluding carboxylic acids is 1. The fourth-order valence-corrected chi connectivity index (χ4v) is 4.50. The summed E-state index contributed by atoms with van der Waals surface area (Å²) < 4.78 is 15.9. The second-order valence-electron chi connectivity index (χ2n) is 7.89. The number of alkyl halides is 2. The van der Waals surface area contributed by atoms with Crippen molar-refractivity contribution < 1.29 is 19.0 Å². The Morgan fingerprint density at radius 1 is 0.938 bits per heavy atom. The van der Waals surface area contributed by atoms with Crippen LogP contribution < -0.4 is 9.47 Å². The van der Waals surface area contributed by atoms with Gasteiger partial charge in [0, 0.05) is 6.42 Å². The van der Waals surface area contributed by atoms with E-state index in [1.165, 1.54) is 0 Å². The molecule has 1 unspecified atom stereocenters. The molecule has 166 valence electrons. The number of carbonyl (C=O) groups is 1. The van der Waals surface area contributed by atoms with Crippen LogP contribution in [0.1, 0.15) is 30.0 Å². The number of aryl methyl sites for hydroxylation is 1. The smallest absolute Gasteiger partial charge is 0.320 e. The Bertz CT molecular complexity index is 1110. The first kappa shape index (κ1) is 22.5. The molecule has 0 aromatic heterocycles. The average molecular weight is 471 g/mol. The molecule has 0 aliphatic heterocycles. The Morgan fingerprint density at radius 2 is 1.59 bits per heavy atom. The molecule has 0 bridgehead atoms. The van der Waals surface area contributed by atoms with Crippen LogP contribution in [0.15, 0.2) is 72.8 Å². The van der Waals surface area contributed by atoms with Crippen molar-refractivity contribution in [2.75, 3.05) is 6.61 Å². The Hall–Kier alpha value is -2.69. The van der Waals surface area contributed by atoms with Crippen LogP contribution in [-0.2, 0) is 21.6 Å². The summed E-state index contributed by atoms with van der Waals surface area (Å²) in [7, 11) is 0. The molecular weight excluding hydrogens is 447 g/mol. The number of rotatable bonds is 8. The molecule has 4 rings (SSSR count). The quantitative estimate of drug-likeness (QED) is 0.270. The van der Waals surface area contributed by atoms with Gasteiger partial charge in [-0.3, -0.25) is 4.79 Å². The third-order valence-electron chi connectivity index (χ3n) is 5.49. The number of ether oxygens (including phenoxy) is 3. The van der Waals surface area contributed by atoms with E-state index in [1.807, 2.05) is 86.6 Å². The van der Waals surface area contributed by atoms with Crippen molar-refractivity contribution in [1.82, 2.24) is 0 Å². The molecule has 1 aliphatic carbocycles. The lowest BCUT2D eigenvalue weighted by Gasteiger charge is -2.18. The Labute approximate surface area is 198 Å². The summed E-state index contributed by atoms with van der Waals surface area (Å²) in [6.07, 6.45) is 0.298. The minimum absolute atomic E-state index is 0.0898. The molecular formula is C26H24Cl2O4. The zero-order valence-corrected chi connectivity index (χ0v) is 19.5. The predicted molar refractivity (Wildman–Crippen MR) is 126 cm³/mol. The standard InChI is InChI=1S/C26H24Cl2O4/c1-3-30-21-12-10-20(11-13-21)25(17-26(25,27)28)24(29)31-16-19-7-5-9-23(15-19)32-22-8-4-6-18(2)14-22/h4-15H,3,16-17H2,1-2H3. The molecule has 3 aromatic rings. The van der Waals surface area contributed by atoms with E-state index in [2.05, 4.69) is 0 Å². The van der Waals surface area contributed by atoms with Gasteiger partial charge in [-0.1, -0.05) is 59.6 Å². The summed E-state index contributed by atoms with van der Waals surface area (Å²) in [5, 5.41) is 0. The zero-order chi connectivity index (χ0) is 22.8. The molecule has 1 saturated carbocycles. The highest BCUT2D eigenvalue weighted by atomic mass is 35.5. The minimum atomic E-state index is -1.20. The molecule has 1 atom stereocenters. The Morgan fingerprint density at radius 3 is 2.22 bits per heavy atom. The van der Waals surface area contributed by atoms with Crippen LogP contribution in [0.2, 0.25) is 0 Å². The van der Waals surface area contributed by atoms with Crippen molar-refractivity contribution in [2.24, 2.45) is 0 Å². The van der Waals surface area contributed by atoms with Crippen molar-refractivity contribution >= 4 is 29.2 Å². The lowest BCUT2D eigenvalue weighted by molar-refractivity contribution is -0.148. The van der Waals surface area contributed by atoms with E-state index >= 15 is 0 Å². The molecule has 0 amide bonds. The van der Waals surface area contributed by atoms with Crippen molar-refractivity contribution in [1.29, 1.82) is 0 Å². The summed E-state index contributed by atoms with van der Waals surface area (Å²) in [5.74, 6) is 1.69. The number of esters is 1. The molecule has 1 fully saturated rings. The molecule has 0 spiro atoms. The molecule has 0 heterocycles. The number of hydrogen-bond acceptors (Lipinski definition) is 4. The first-order chi connectivity index (χ1) is 15.3. The fraction of sp³-hybridized carbons (Fsp3) is 0.269. The van der Waals surface area contributed by atoms with Crippen LogP contribution in [0.25, 0.3) is 0 Å². The lowest BCUT2D eigenvalue weighted by Crippen LogP contribution is -2.28. The summed E-state index contributed by atoms with van der Waals surface area (Å²) >= 11 is 12.8. The minimum Gasteiger partial charge on any atom is -0.494 e. The van der Waals surface area contributed by atoms with Crippen molar-refractivity contribution in [3.8, 4) is 17.2 Å². The highest BCUT2D eigenvalue weighted by Gasteiger charge is 2.73. The first-order valence-corrected chi connectivity index (χ1v) is 11.2. The van der Waals surface area contributed by atoms with Gasteiger partial charge in [-0.25, -0.2) is 0 Å². The van der Waals surface area contributed by atoms with Gasteiger partial charge in [0.05, 0.1) is 6.61 Å². The molecule has 4 nitrogen and oxygen atoms in total. The molecule has 32 heavy (non-hydrogen) atoms. The van der Waals surface area contributed by atoms with E-state index in [1.54, 1.807) is 0 Å². The van der Waals surface area contributed by atoms with Gasteiger partial charge >= 0.3 is 5.97 Å². The van der Waals surface area contributed by atoms with E-state index in [0.717, 1.165) is 22.6 Å². The van der Waals surface area contributed by atoms with E-state index in [4.69, 9.17) is 37.4 Å². The fourth-order valence-electron chi connectivity index (χ4n) is 3.73. The predicted octanol–water partition coefficient (Wildman–Crippen LogP) is 6.74. The van der Waals surface area contributed by atoms with E-state index in [9.17, 15) is 4.79 Å². The summed E-state index contributed by atoms with van der Waals surface area (Å²) in [5.41, 5.74) is 1.55. The molecule has 0 radical (unpaired) electrons. The maximum Gasteiger partial charge on any atom is 0.320 e.